The molecule has 2 fully saturated rings. The third-order valence-electron chi connectivity index (χ3n) is 6.79. The van der Waals surface area contributed by atoms with Gasteiger partial charge < -0.3 is 10.2 Å². The minimum absolute atomic E-state index is 0.258. The van der Waals surface area contributed by atoms with E-state index in [0.717, 1.165) is 11.1 Å². The van der Waals surface area contributed by atoms with Crippen molar-refractivity contribution in [3.05, 3.63) is 102 Å². The van der Waals surface area contributed by atoms with Crippen molar-refractivity contribution in [2.45, 2.75) is 12.1 Å². The van der Waals surface area contributed by atoms with Crippen molar-refractivity contribution >= 4 is 35.2 Å². The van der Waals surface area contributed by atoms with Crippen LogP contribution in [0, 0.1) is 11.8 Å². The van der Waals surface area contributed by atoms with Gasteiger partial charge >= 0.3 is 0 Å². The van der Waals surface area contributed by atoms with Gasteiger partial charge in [0.2, 0.25) is 17.7 Å². The van der Waals surface area contributed by atoms with Gasteiger partial charge in [-0.05, 0) is 41.5 Å². The lowest BCUT2D eigenvalue weighted by Crippen LogP contribution is -2.46. The molecular formula is C27H21N3O3. The summed E-state index contributed by atoms with van der Waals surface area (Å²) in [4.78, 5) is 44.1. The second-order valence-electron chi connectivity index (χ2n) is 8.54. The fourth-order valence-electron chi connectivity index (χ4n) is 5.43. The molecule has 33 heavy (non-hydrogen) atoms. The zero-order chi connectivity index (χ0) is 22.5. The Balaban J connectivity index is 1.45. The molecule has 3 aliphatic rings. The Morgan fingerprint density at radius 3 is 2.15 bits per heavy atom. The number of fused-ring (bicyclic) bond motifs is 5. The van der Waals surface area contributed by atoms with Crippen molar-refractivity contribution in [3.8, 4) is 0 Å². The van der Waals surface area contributed by atoms with Crippen LogP contribution < -0.4 is 10.2 Å². The first kappa shape index (κ1) is 19.5. The average molecular weight is 435 g/mol. The van der Waals surface area contributed by atoms with Crippen LogP contribution in [0.1, 0.15) is 17.2 Å². The first-order valence-corrected chi connectivity index (χ1v) is 11.0. The maximum absolute atomic E-state index is 13.7. The van der Waals surface area contributed by atoms with E-state index >= 15 is 0 Å². The first-order valence-electron chi connectivity index (χ1n) is 11.0. The van der Waals surface area contributed by atoms with Crippen molar-refractivity contribution in [2.75, 3.05) is 10.2 Å². The highest BCUT2D eigenvalue weighted by Crippen LogP contribution is 2.53. The fraction of sp³-hybridized carbons (Fsp3) is 0.148. The number of imide groups is 1. The molecule has 162 valence electrons. The molecule has 0 saturated carbocycles. The van der Waals surface area contributed by atoms with Gasteiger partial charge in [-0.25, -0.2) is 4.90 Å². The van der Waals surface area contributed by atoms with E-state index in [0.29, 0.717) is 11.4 Å². The number of amides is 3. The van der Waals surface area contributed by atoms with E-state index in [1.807, 2.05) is 65.7 Å². The van der Waals surface area contributed by atoms with Crippen LogP contribution >= 0.6 is 0 Å². The van der Waals surface area contributed by atoms with Crippen molar-refractivity contribution in [1.82, 2.24) is 4.90 Å². The summed E-state index contributed by atoms with van der Waals surface area (Å²) in [6.07, 6.45) is 3.80. The quantitative estimate of drug-likeness (QED) is 0.635. The number of hydrogen-bond acceptors (Lipinski definition) is 4. The molecule has 3 amide bonds. The summed E-state index contributed by atoms with van der Waals surface area (Å²) in [6.45, 7) is 0. The van der Waals surface area contributed by atoms with Gasteiger partial charge in [-0.3, -0.25) is 14.4 Å². The second kappa shape index (κ2) is 7.45. The summed E-state index contributed by atoms with van der Waals surface area (Å²) in [5.74, 6) is -2.30. The Kier molecular flexibility index (Phi) is 4.40. The van der Waals surface area contributed by atoms with Crippen LogP contribution in [-0.2, 0) is 14.4 Å². The van der Waals surface area contributed by atoms with Crippen molar-refractivity contribution < 1.29 is 14.4 Å². The fourth-order valence-corrected chi connectivity index (χ4v) is 5.43. The predicted octanol–water partition coefficient (Wildman–Crippen LogP) is 3.84. The molecule has 2 saturated heterocycles. The third-order valence-corrected chi connectivity index (χ3v) is 6.79. The topological polar surface area (TPSA) is 69.7 Å². The standard InChI is InChI=1S/C27H21N3O3/c31-25(28-18-10-3-1-4-11-18)24-22-21(23-20-14-8-7-9-17(20)15-16-29(23)24)26(32)30(27(22)33)19-12-5-2-6-13-19/h1-16,21-24H,(H,28,31)/t21-,22+,23+,24+/m0/s1. The van der Waals surface area contributed by atoms with Gasteiger partial charge in [-0.1, -0.05) is 60.7 Å². The van der Waals surface area contributed by atoms with Crippen LogP contribution in [0.2, 0.25) is 0 Å². The Hall–Kier alpha value is -4.19. The summed E-state index contributed by atoms with van der Waals surface area (Å²) in [5.41, 5.74) is 3.15. The molecule has 0 radical (unpaired) electrons. The highest BCUT2D eigenvalue weighted by molar-refractivity contribution is 6.24. The van der Waals surface area contributed by atoms with Gasteiger partial charge in [-0.2, -0.15) is 0 Å². The largest absolute Gasteiger partial charge is 0.357 e. The lowest BCUT2D eigenvalue weighted by molar-refractivity contribution is -0.128. The van der Waals surface area contributed by atoms with E-state index in [2.05, 4.69) is 5.32 Å². The molecule has 1 N–H and O–H groups in total. The zero-order valence-electron chi connectivity index (χ0n) is 17.7. The highest BCUT2D eigenvalue weighted by atomic mass is 16.2. The summed E-state index contributed by atoms with van der Waals surface area (Å²) < 4.78 is 0. The molecule has 3 aromatic rings. The van der Waals surface area contributed by atoms with Gasteiger partial charge in [0, 0.05) is 11.9 Å². The molecule has 3 aliphatic heterocycles. The molecule has 0 unspecified atom stereocenters. The van der Waals surface area contributed by atoms with Crippen LogP contribution in [0.4, 0.5) is 11.4 Å². The Labute approximate surface area is 191 Å². The molecular weight excluding hydrogens is 414 g/mol. The minimum Gasteiger partial charge on any atom is -0.357 e. The number of hydrogen-bond donors (Lipinski definition) is 1. The highest BCUT2D eigenvalue weighted by Gasteiger charge is 2.64. The molecule has 0 bridgehead atoms. The SMILES string of the molecule is O=C(Nc1ccccc1)[C@H]1[C@@H]2C(=O)N(c3ccccc3)C(=O)[C@@H]2[C@H]2c3ccccc3C=CN21. The summed E-state index contributed by atoms with van der Waals surface area (Å²) in [6, 6.07) is 24.8. The van der Waals surface area contributed by atoms with Crippen LogP contribution in [-0.4, -0.2) is 28.7 Å². The maximum atomic E-state index is 13.7. The zero-order valence-corrected chi connectivity index (χ0v) is 17.7. The summed E-state index contributed by atoms with van der Waals surface area (Å²) in [7, 11) is 0. The lowest BCUT2D eigenvalue weighted by atomic mass is 9.84. The number of anilines is 2. The normalized spacial score (nSPS) is 25.0. The van der Waals surface area contributed by atoms with E-state index in [1.165, 1.54) is 4.90 Å². The number of para-hydroxylation sites is 2. The first-order chi connectivity index (χ1) is 16.1. The third kappa shape index (κ3) is 2.91. The van der Waals surface area contributed by atoms with Gasteiger partial charge in [0.05, 0.1) is 23.6 Å². The molecule has 6 heteroatoms. The van der Waals surface area contributed by atoms with Gasteiger partial charge in [0.25, 0.3) is 0 Å². The van der Waals surface area contributed by atoms with E-state index in [-0.39, 0.29) is 23.8 Å². The maximum Gasteiger partial charge on any atom is 0.247 e. The number of benzene rings is 3. The van der Waals surface area contributed by atoms with Crippen molar-refractivity contribution in [2.24, 2.45) is 11.8 Å². The number of rotatable bonds is 3. The number of carbonyl (C=O) groups is 3. The molecule has 3 heterocycles. The number of nitrogens with zero attached hydrogens (tertiary/aromatic N) is 2. The van der Waals surface area contributed by atoms with E-state index in [4.69, 9.17) is 0 Å². The molecule has 3 aromatic carbocycles. The van der Waals surface area contributed by atoms with Gasteiger partial charge in [0.1, 0.15) is 6.04 Å². The van der Waals surface area contributed by atoms with E-state index in [9.17, 15) is 14.4 Å². The predicted molar refractivity (Wildman–Crippen MR) is 125 cm³/mol. The average Bonchev–Trinajstić information content (AvgIpc) is 3.33. The molecule has 0 aromatic heterocycles. The summed E-state index contributed by atoms with van der Waals surface area (Å²) >= 11 is 0. The monoisotopic (exact) mass is 435 g/mol. The van der Waals surface area contributed by atoms with Crippen molar-refractivity contribution in [1.29, 1.82) is 0 Å². The lowest BCUT2D eigenvalue weighted by Gasteiger charge is -2.35. The Morgan fingerprint density at radius 2 is 1.39 bits per heavy atom. The van der Waals surface area contributed by atoms with E-state index < -0.39 is 17.9 Å². The number of nitrogens with one attached hydrogen (secondary N) is 1. The molecule has 6 nitrogen and oxygen atoms in total. The van der Waals surface area contributed by atoms with Crippen molar-refractivity contribution in [3.63, 3.8) is 0 Å². The van der Waals surface area contributed by atoms with Crippen LogP contribution in [0.15, 0.2) is 91.1 Å². The van der Waals surface area contributed by atoms with Crippen LogP contribution in [0.3, 0.4) is 0 Å². The van der Waals surface area contributed by atoms with Crippen LogP contribution in [0.5, 0.6) is 0 Å². The van der Waals surface area contributed by atoms with E-state index in [1.54, 1.807) is 36.4 Å². The molecule has 0 aliphatic carbocycles. The Morgan fingerprint density at radius 1 is 0.758 bits per heavy atom. The van der Waals surface area contributed by atoms with Gasteiger partial charge in [0.15, 0.2) is 0 Å². The molecule has 4 atom stereocenters. The molecule has 6 rings (SSSR count). The minimum atomic E-state index is -0.796. The number of carbonyl (C=O) groups excluding carboxylic acids is 3. The summed E-state index contributed by atoms with van der Waals surface area (Å²) in [5, 5.41) is 2.95. The van der Waals surface area contributed by atoms with Gasteiger partial charge in [-0.15, -0.1) is 0 Å². The molecule has 0 spiro atoms. The van der Waals surface area contributed by atoms with Crippen LogP contribution in [0.25, 0.3) is 6.08 Å². The smallest absolute Gasteiger partial charge is 0.247 e. The second-order valence-corrected chi connectivity index (χ2v) is 8.54. The Bertz CT molecular complexity index is 1290.